The molecule has 0 saturated carbocycles. The van der Waals surface area contributed by atoms with E-state index in [2.05, 4.69) is 29.0 Å². The Labute approximate surface area is 121 Å². The van der Waals surface area contributed by atoms with Crippen molar-refractivity contribution in [1.82, 2.24) is 15.1 Å². The number of hydrogen-bond acceptors (Lipinski definition) is 4. The predicted octanol–water partition coefficient (Wildman–Crippen LogP) is 0.162. The summed E-state index contributed by atoms with van der Waals surface area (Å²) in [5.41, 5.74) is 0. The molecule has 0 bridgehead atoms. The van der Waals surface area contributed by atoms with E-state index in [9.17, 15) is 4.79 Å². The van der Waals surface area contributed by atoms with Gasteiger partial charge in [0.25, 0.3) is 0 Å². The van der Waals surface area contributed by atoms with Crippen LogP contribution in [0.4, 0.5) is 0 Å². The maximum Gasteiger partial charge on any atom is 0.228 e. The van der Waals surface area contributed by atoms with Gasteiger partial charge in [-0.05, 0) is 19.8 Å². The molecule has 4 unspecified atom stereocenters. The third kappa shape index (κ3) is 2.47. The number of amides is 1. The molecule has 3 aliphatic rings. The molecular formula is C15H27N3O2. The summed E-state index contributed by atoms with van der Waals surface area (Å²) in [6.45, 7) is 12.3. The maximum atomic E-state index is 12.7. The van der Waals surface area contributed by atoms with Crippen LogP contribution in [0.15, 0.2) is 0 Å². The number of rotatable bonds is 2. The van der Waals surface area contributed by atoms with E-state index < -0.39 is 0 Å². The highest BCUT2D eigenvalue weighted by Gasteiger charge is 2.43. The lowest BCUT2D eigenvalue weighted by atomic mass is 9.88. The van der Waals surface area contributed by atoms with Gasteiger partial charge in [0.15, 0.2) is 0 Å². The Kier molecular flexibility index (Phi) is 4.02. The monoisotopic (exact) mass is 281 g/mol. The average Bonchev–Trinajstić information content (AvgIpc) is 2.61. The summed E-state index contributed by atoms with van der Waals surface area (Å²) in [7, 11) is 0. The van der Waals surface area contributed by atoms with Gasteiger partial charge in [-0.15, -0.1) is 0 Å². The highest BCUT2D eigenvalue weighted by Crippen LogP contribution is 2.33. The summed E-state index contributed by atoms with van der Waals surface area (Å²) in [5, 5.41) is 3.31. The van der Waals surface area contributed by atoms with Gasteiger partial charge in [0.1, 0.15) is 0 Å². The summed E-state index contributed by atoms with van der Waals surface area (Å²) >= 11 is 0. The first-order chi connectivity index (χ1) is 9.58. The van der Waals surface area contributed by atoms with Crippen LogP contribution in [0.1, 0.15) is 20.8 Å². The zero-order valence-corrected chi connectivity index (χ0v) is 12.8. The lowest BCUT2D eigenvalue weighted by molar-refractivity contribution is -0.140. The second-order valence-corrected chi connectivity index (χ2v) is 6.60. The van der Waals surface area contributed by atoms with E-state index in [1.54, 1.807) is 0 Å². The van der Waals surface area contributed by atoms with Crippen LogP contribution in [0, 0.1) is 11.8 Å². The predicted molar refractivity (Wildman–Crippen MR) is 77.5 cm³/mol. The van der Waals surface area contributed by atoms with E-state index in [0.717, 1.165) is 39.3 Å². The van der Waals surface area contributed by atoms with Crippen molar-refractivity contribution >= 4 is 5.91 Å². The second kappa shape index (κ2) is 5.62. The minimum Gasteiger partial charge on any atom is -0.374 e. The van der Waals surface area contributed by atoms with Crippen molar-refractivity contribution < 1.29 is 9.53 Å². The van der Waals surface area contributed by atoms with Gasteiger partial charge in [0, 0.05) is 45.3 Å². The van der Waals surface area contributed by atoms with Crippen molar-refractivity contribution in [3.8, 4) is 0 Å². The van der Waals surface area contributed by atoms with Crippen molar-refractivity contribution in [2.24, 2.45) is 11.8 Å². The minimum absolute atomic E-state index is 0.0434. The van der Waals surface area contributed by atoms with Crippen LogP contribution >= 0.6 is 0 Å². The number of carbonyl (C=O) groups excluding carboxylic acids is 1. The highest BCUT2D eigenvalue weighted by molar-refractivity contribution is 5.80. The van der Waals surface area contributed by atoms with Gasteiger partial charge in [-0.1, -0.05) is 6.92 Å². The normalized spacial score (nSPS) is 39.9. The van der Waals surface area contributed by atoms with Crippen molar-refractivity contribution in [3.05, 3.63) is 0 Å². The molecule has 3 aliphatic heterocycles. The Bertz CT molecular complexity index is 364. The van der Waals surface area contributed by atoms with E-state index >= 15 is 0 Å². The van der Waals surface area contributed by atoms with Crippen LogP contribution in [-0.4, -0.2) is 73.2 Å². The molecule has 0 aromatic heterocycles. The van der Waals surface area contributed by atoms with Crippen molar-refractivity contribution in [1.29, 1.82) is 0 Å². The molecule has 5 heteroatoms. The van der Waals surface area contributed by atoms with Crippen molar-refractivity contribution in [3.63, 3.8) is 0 Å². The second-order valence-electron chi connectivity index (χ2n) is 6.60. The van der Waals surface area contributed by atoms with Crippen LogP contribution in [0.5, 0.6) is 0 Å². The fourth-order valence-electron chi connectivity index (χ4n) is 3.74. The molecular weight excluding hydrogens is 254 g/mol. The third-order valence-corrected chi connectivity index (χ3v) is 5.43. The van der Waals surface area contributed by atoms with Crippen molar-refractivity contribution in [2.75, 3.05) is 39.3 Å². The average molecular weight is 281 g/mol. The molecule has 3 fully saturated rings. The van der Waals surface area contributed by atoms with E-state index in [0.29, 0.717) is 17.9 Å². The molecule has 5 nitrogen and oxygen atoms in total. The Morgan fingerprint density at radius 3 is 2.15 bits per heavy atom. The topological polar surface area (TPSA) is 44.8 Å². The van der Waals surface area contributed by atoms with E-state index in [-0.39, 0.29) is 18.1 Å². The highest BCUT2D eigenvalue weighted by atomic mass is 16.5. The first-order valence-corrected chi connectivity index (χ1v) is 7.97. The lowest BCUT2D eigenvalue weighted by Crippen LogP contribution is -2.62. The first kappa shape index (κ1) is 14.3. The van der Waals surface area contributed by atoms with E-state index in [1.165, 1.54) is 0 Å². The van der Waals surface area contributed by atoms with Crippen LogP contribution in [0.3, 0.4) is 0 Å². The van der Waals surface area contributed by atoms with Gasteiger partial charge in [-0.3, -0.25) is 9.69 Å². The first-order valence-electron chi connectivity index (χ1n) is 7.97. The Morgan fingerprint density at radius 1 is 1.05 bits per heavy atom. The molecule has 1 amide bonds. The largest absolute Gasteiger partial charge is 0.374 e. The van der Waals surface area contributed by atoms with Crippen LogP contribution < -0.4 is 5.32 Å². The fourth-order valence-corrected chi connectivity index (χ4v) is 3.74. The van der Waals surface area contributed by atoms with Gasteiger partial charge >= 0.3 is 0 Å². The Balaban J connectivity index is 1.56. The Morgan fingerprint density at radius 2 is 1.70 bits per heavy atom. The molecule has 0 aromatic carbocycles. The molecule has 0 spiro atoms. The summed E-state index contributed by atoms with van der Waals surface area (Å²) in [6, 6.07) is 0.694. The van der Waals surface area contributed by atoms with Gasteiger partial charge in [0.2, 0.25) is 5.91 Å². The molecule has 3 heterocycles. The number of nitrogens with one attached hydrogen (secondary N) is 1. The number of hydrogen-bond donors (Lipinski definition) is 1. The standard InChI is InChI=1S/C15H27N3O2/c1-10-11(2)20-12(3)14(10)15(19)18-6-4-17(5-7-18)13-8-16-9-13/h10-14,16H,4-9H2,1-3H3. The third-order valence-electron chi connectivity index (χ3n) is 5.43. The smallest absolute Gasteiger partial charge is 0.228 e. The molecule has 20 heavy (non-hydrogen) atoms. The number of nitrogens with zero attached hydrogens (tertiary/aromatic N) is 2. The summed E-state index contributed by atoms with van der Waals surface area (Å²) in [5.74, 6) is 0.675. The van der Waals surface area contributed by atoms with Crippen molar-refractivity contribution in [2.45, 2.75) is 39.0 Å². The Hall–Kier alpha value is -0.650. The molecule has 0 aromatic rings. The SMILES string of the molecule is CC1OC(C)C(C(=O)N2CCN(C3CNC3)CC2)C1C. The molecule has 3 saturated heterocycles. The molecule has 0 radical (unpaired) electrons. The zero-order valence-electron chi connectivity index (χ0n) is 12.8. The van der Waals surface area contributed by atoms with E-state index in [4.69, 9.17) is 4.74 Å². The molecule has 4 atom stereocenters. The van der Waals surface area contributed by atoms with Crippen LogP contribution in [-0.2, 0) is 9.53 Å². The minimum atomic E-state index is 0.0434. The lowest BCUT2D eigenvalue weighted by Gasteiger charge is -2.44. The van der Waals surface area contributed by atoms with Gasteiger partial charge < -0.3 is 15.0 Å². The van der Waals surface area contributed by atoms with Gasteiger partial charge in [0.05, 0.1) is 18.1 Å². The van der Waals surface area contributed by atoms with Crippen LogP contribution in [0.25, 0.3) is 0 Å². The number of piperazine rings is 1. The van der Waals surface area contributed by atoms with Gasteiger partial charge in [-0.25, -0.2) is 0 Å². The molecule has 114 valence electrons. The molecule has 0 aliphatic carbocycles. The fraction of sp³-hybridized carbons (Fsp3) is 0.933. The maximum absolute atomic E-state index is 12.7. The summed E-state index contributed by atoms with van der Waals surface area (Å²) < 4.78 is 5.82. The summed E-state index contributed by atoms with van der Waals surface area (Å²) in [4.78, 5) is 17.3. The number of carbonyl (C=O) groups is 1. The van der Waals surface area contributed by atoms with Gasteiger partial charge in [-0.2, -0.15) is 0 Å². The zero-order chi connectivity index (χ0) is 14.3. The summed E-state index contributed by atoms with van der Waals surface area (Å²) in [6.07, 6.45) is 0.252. The van der Waals surface area contributed by atoms with Crippen LogP contribution in [0.2, 0.25) is 0 Å². The quantitative estimate of drug-likeness (QED) is 0.783. The molecule has 1 N–H and O–H groups in total. The van der Waals surface area contributed by atoms with E-state index in [1.807, 2.05) is 6.92 Å². The number of ether oxygens (including phenoxy) is 1. The molecule has 3 rings (SSSR count).